The van der Waals surface area contributed by atoms with Crippen LogP contribution < -0.4 is 14.8 Å². The van der Waals surface area contributed by atoms with E-state index < -0.39 is 8.15 Å². The van der Waals surface area contributed by atoms with Crippen LogP contribution in [0.3, 0.4) is 0 Å². The van der Waals surface area contributed by atoms with Crippen molar-refractivity contribution in [1.82, 2.24) is 0 Å². The maximum atomic E-state index is 13.7. The molecule has 1 radical (unpaired) electrons. The first-order valence-corrected chi connectivity index (χ1v) is 11.2. The maximum Gasteiger partial charge on any atom is 0.216 e. The normalized spacial score (nSPS) is 12.1. The van der Waals surface area contributed by atoms with Crippen molar-refractivity contribution in [1.29, 1.82) is 0 Å². The summed E-state index contributed by atoms with van der Waals surface area (Å²) in [4.78, 5) is 13.7. The third-order valence-corrected chi connectivity index (χ3v) is 6.75. The predicted octanol–water partition coefficient (Wildman–Crippen LogP) is 4.76. The zero-order valence-corrected chi connectivity index (χ0v) is 21.2. The Hall–Kier alpha value is -1.34. The summed E-state index contributed by atoms with van der Waals surface area (Å²) in [5, 5.41) is 0.730. The van der Waals surface area contributed by atoms with Crippen LogP contribution in [0.2, 0.25) is 0 Å². The van der Waals surface area contributed by atoms with E-state index in [0.717, 1.165) is 16.4 Å². The van der Waals surface area contributed by atoms with Crippen LogP contribution in [0, 0.1) is 13.8 Å². The van der Waals surface area contributed by atoms with Gasteiger partial charge in [-0.1, -0.05) is 32.9 Å². The van der Waals surface area contributed by atoms with Gasteiger partial charge >= 0.3 is 0 Å². The molecule has 0 fully saturated rings. The number of carbonyl (C=O) groups excluding carboxylic acids is 1. The van der Waals surface area contributed by atoms with Gasteiger partial charge in [-0.3, -0.25) is 4.79 Å². The molecule has 0 saturated carbocycles. The Morgan fingerprint density at radius 2 is 1.55 bits per heavy atom. The Morgan fingerprint density at radius 1 is 0.935 bits per heavy atom. The van der Waals surface area contributed by atoms with Crippen molar-refractivity contribution in [2.75, 3.05) is 34.5 Å². The molecule has 0 aliphatic carbocycles. The molecule has 2 aromatic carbocycles. The minimum Gasteiger partial charge on any atom is -0.497 e. The molecule has 0 N–H and O–H groups in total. The molecule has 0 heterocycles. The predicted molar refractivity (Wildman–Crippen MR) is 129 cm³/mol. The van der Waals surface area contributed by atoms with Crippen LogP contribution in [0.1, 0.15) is 47.8 Å². The molecule has 0 aliphatic heterocycles. The molecule has 0 bridgehead atoms. The number of rotatable bonds is 9. The van der Waals surface area contributed by atoms with Crippen molar-refractivity contribution < 1.29 is 23.5 Å². The van der Waals surface area contributed by atoms with Crippen LogP contribution in [0.4, 0.5) is 0 Å². The Bertz CT molecular complexity index is 869. The van der Waals surface area contributed by atoms with Gasteiger partial charge in [0.25, 0.3) is 0 Å². The average Bonchev–Trinajstić information content (AvgIpc) is 2.69. The van der Waals surface area contributed by atoms with E-state index in [4.69, 9.17) is 18.7 Å². The molecule has 7 heteroatoms. The number of benzene rings is 2. The fourth-order valence-electron chi connectivity index (χ4n) is 3.24. The van der Waals surface area contributed by atoms with Crippen molar-refractivity contribution in [3.05, 3.63) is 52.6 Å². The van der Waals surface area contributed by atoms with Gasteiger partial charge in [0, 0.05) is 37.6 Å². The van der Waals surface area contributed by atoms with Gasteiger partial charge in [-0.05, 0) is 48.1 Å². The first-order valence-electron chi connectivity index (χ1n) is 9.94. The summed E-state index contributed by atoms with van der Waals surface area (Å²) in [6.07, 6.45) is 0. The summed E-state index contributed by atoms with van der Waals surface area (Å²) in [5.74, 6) is 1.24. The third-order valence-electron chi connectivity index (χ3n) is 4.91. The van der Waals surface area contributed by atoms with Gasteiger partial charge < -0.3 is 18.7 Å². The van der Waals surface area contributed by atoms with Gasteiger partial charge in [0.2, 0.25) is 5.52 Å². The van der Waals surface area contributed by atoms with E-state index in [1.807, 2.05) is 26.0 Å². The van der Waals surface area contributed by atoms with E-state index >= 15 is 0 Å². The molecule has 0 aromatic heterocycles. The van der Waals surface area contributed by atoms with Crippen molar-refractivity contribution in [2.24, 2.45) is 0 Å². The van der Waals surface area contributed by atoms with Crippen LogP contribution in [-0.4, -0.2) is 58.9 Å². The van der Waals surface area contributed by atoms with Crippen LogP contribution in [0.5, 0.6) is 11.5 Å². The van der Waals surface area contributed by atoms with Crippen LogP contribution >= 0.6 is 8.15 Å². The van der Waals surface area contributed by atoms with Gasteiger partial charge in [0.15, 0.2) is 0 Å². The number of carbonyl (C=O) groups is 1. The van der Waals surface area contributed by atoms with Gasteiger partial charge in [-0.25, -0.2) is 0 Å². The Morgan fingerprint density at radius 3 is 2.03 bits per heavy atom. The van der Waals surface area contributed by atoms with E-state index in [1.54, 1.807) is 27.4 Å². The summed E-state index contributed by atoms with van der Waals surface area (Å²) >= 11 is 0. The first-order chi connectivity index (χ1) is 14.1. The van der Waals surface area contributed by atoms with Crippen molar-refractivity contribution in [2.45, 2.75) is 40.0 Å². The van der Waals surface area contributed by atoms with Crippen LogP contribution in [0.15, 0.2) is 30.3 Å². The summed E-state index contributed by atoms with van der Waals surface area (Å²) in [6.45, 7) is 11.2. The van der Waals surface area contributed by atoms with Gasteiger partial charge in [-0.15, -0.1) is 0 Å². The van der Waals surface area contributed by atoms with Gasteiger partial charge in [0.1, 0.15) is 19.6 Å². The largest absolute Gasteiger partial charge is 0.497 e. The zero-order valence-electron chi connectivity index (χ0n) is 20.3. The fourth-order valence-corrected chi connectivity index (χ4v) is 5.09. The van der Waals surface area contributed by atoms with Gasteiger partial charge in [0.05, 0.1) is 32.7 Å². The number of methoxy groups -OCH3 is 3. The monoisotopic (exact) mass is 439 g/mol. The van der Waals surface area contributed by atoms with E-state index in [-0.39, 0.29) is 29.8 Å². The molecule has 0 aliphatic rings. The molecule has 165 valence electrons. The third kappa shape index (κ3) is 6.82. The second kappa shape index (κ2) is 12.0. The van der Waals surface area contributed by atoms with E-state index in [9.17, 15) is 4.79 Å². The summed E-state index contributed by atoms with van der Waals surface area (Å²) in [7, 11) is 3.18. The van der Waals surface area contributed by atoms with Gasteiger partial charge in [-0.2, -0.15) is 0 Å². The second-order valence-electron chi connectivity index (χ2n) is 8.20. The quantitative estimate of drug-likeness (QED) is 0.320. The SMILES string of the molecule is COCCOP(C(=O)c1c(C)cc(C(C)(C)C)cc1C)c1ccc(OC)cc1OC.[Li]. The molecule has 1 atom stereocenters. The van der Waals surface area contributed by atoms with Crippen molar-refractivity contribution >= 4 is 37.8 Å². The molecular weight excluding hydrogens is 406 g/mol. The Kier molecular flexibility index (Phi) is 10.8. The first kappa shape index (κ1) is 27.7. The topological polar surface area (TPSA) is 54.0 Å². The Balaban J connectivity index is 0.00000480. The zero-order chi connectivity index (χ0) is 22.5. The molecular formula is C24H33LiO5P. The molecule has 0 amide bonds. The summed E-state index contributed by atoms with van der Waals surface area (Å²) in [5.41, 5.74) is 3.82. The smallest absolute Gasteiger partial charge is 0.216 e. The maximum absolute atomic E-state index is 13.7. The number of hydrogen-bond donors (Lipinski definition) is 0. The van der Waals surface area contributed by atoms with Crippen molar-refractivity contribution in [3.8, 4) is 11.5 Å². The molecule has 1 unspecified atom stereocenters. The molecule has 5 nitrogen and oxygen atoms in total. The molecule has 0 saturated heterocycles. The second-order valence-corrected chi connectivity index (χ2v) is 9.93. The fraction of sp³-hybridized carbons (Fsp3) is 0.458. The molecule has 2 aromatic rings. The molecule has 31 heavy (non-hydrogen) atoms. The van der Waals surface area contributed by atoms with E-state index in [1.165, 1.54) is 5.56 Å². The number of ether oxygens (including phenoxy) is 3. The minimum atomic E-state index is -1.62. The van der Waals surface area contributed by atoms with Crippen LogP contribution in [0.25, 0.3) is 0 Å². The average molecular weight is 439 g/mol. The minimum absolute atomic E-state index is 0. The van der Waals surface area contributed by atoms with E-state index in [0.29, 0.717) is 30.3 Å². The molecule has 2 rings (SSSR count). The number of hydrogen-bond acceptors (Lipinski definition) is 5. The molecule has 0 spiro atoms. The van der Waals surface area contributed by atoms with Crippen molar-refractivity contribution in [3.63, 3.8) is 0 Å². The van der Waals surface area contributed by atoms with Crippen LogP contribution in [-0.2, 0) is 14.7 Å². The summed E-state index contributed by atoms with van der Waals surface area (Å²) < 4.78 is 22.1. The van der Waals surface area contributed by atoms with E-state index in [2.05, 4.69) is 32.9 Å². The summed E-state index contributed by atoms with van der Waals surface area (Å²) in [6, 6.07) is 9.66. The Labute approximate surface area is 199 Å². The standard InChI is InChI=1S/C24H33O5P.Li/c1-16-13-18(24(3,4)5)14-17(2)22(16)23(25)30(29-12-11-26-6)21-10-9-19(27-7)15-20(21)28-8;/h9-10,13-15H,11-12H2,1-8H3;. The number of aryl methyl sites for hydroxylation is 2.